The Balaban J connectivity index is 2.94. The van der Waals surface area contributed by atoms with Gasteiger partial charge in [0.05, 0.1) is 23.3 Å². The van der Waals surface area contributed by atoms with E-state index in [2.05, 4.69) is 15.4 Å². The molecular weight excluding hydrogens is 317 g/mol. The predicted molar refractivity (Wildman–Crippen MR) is 79.1 cm³/mol. The van der Waals surface area contributed by atoms with Crippen molar-refractivity contribution in [3.05, 3.63) is 29.6 Å². The largest absolute Gasteiger partial charge is 0.465 e. The average molecular weight is 331 g/mol. The quantitative estimate of drug-likeness (QED) is 0.463. The number of sulfonamides is 1. The molecule has 0 saturated heterocycles. The summed E-state index contributed by atoms with van der Waals surface area (Å²) in [4.78, 5) is 11.1. The van der Waals surface area contributed by atoms with Crippen LogP contribution in [0.3, 0.4) is 0 Å². The highest BCUT2D eigenvalue weighted by Crippen LogP contribution is 2.18. The van der Waals surface area contributed by atoms with Gasteiger partial charge in [-0.15, -0.1) is 18.2 Å². The Bertz CT molecular complexity index is 653. The predicted octanol–water partition coefficient (Wildman–Crippen LogP) is 1.26. The Morgan fingerprint density at radius 3 is 2.86 bits per heavy atom. The van der Waals surface area contributed by atoms with Crippen molar-refractivity contribution in [3.63, 3.8) is 0 Å². The van der Waals surface area contributed by atoms with Gasteiger partial charge in [0.2, 0.25) is 10.0 Å². The molecule has 0 spiro atoms. The molecule has 0 aliphatic rings. The number of carbonyl (C=O) groups excluding carboxylic acids is 1. The topological polar surface area (TPSA) is 72.5 Å². The first-order valence-electron chi connectivity index (χ1n) is 5.81. The summed E-state index contributed by atoms with van der Waals surface area (Å²) < 4.78 is 44.3. The molecular formula is C13H14FNO4S2. The molecule has 1 rings (SSSR count). The summed E-state index contributed by atoms with van der Waals surface area (Å²) in [6, 6.07) is 2.85. The number of nitrogens with one attached hydrogen (secondary N) is 1. The number of thioether (sulfide) groups is 1. The second-order valence-electron chi connectivity index (χ2n) is 3.79. The third kappa shape index (κ3) is 5.04. The van der Waals surface area contributed by atoms with Gasteiger partial charge in [-0.3, -0.25) is 0 Å². The fourth-order valence-corrected chi connectivity index (χ4v) is 3.33. The zero-order valence-electron chi connectivity index (χ0n) is 11.3. The molecule has 0 aliphatic heterocycles. The lowest BCUT2D eigenvalue weighted by molar-refractivity contribution is 0.0596. The number of halogens is 1. The molecule has 21 heavy (non-hydrogen) atoms. The van der Waals surface area contributed by atoms with Gasteiger partial charge in [-0.25, -0.2) is 22.3 Å². The van der Waals surface area contributed by atoms with Gasteiger partial charge in [0.1, 0.15) is 5.82 Å². The fraction of sp³-hybridized carbons (Fsp3) is 0.308. The maximum atomic E-state index is 13.3. The second-order valence-corrected chi connectivity index (χ2v) is 6.63. The van der Waals surface area contributed by atoms with Crippen LogP contribution < -0.4 is 4.72 Å². The van der Waals surface area contributed by atoms with Gasteiger partial charge in [0.25, 0.3) is 0 Å². The van der Waals surface area contributed by atoms with Crippen molar-refractivity contribution < 1.29 is 22.3 Å². The van der Waals surface area contributed by atoms with E-state index in [0.29, 0.717) is 11.5 Å². The SMILES string of the molecule is C#CCSCCNS(=O)(=O)c1cc(F)ccc1C(=O)OC. The van der Waals surface area contributed by atoms with Crippen LogP contribution in [-0.4, -0.2) is 39.5 Å². The van der Waals surface area contributed by atoms with Crippen molar-refractivity contribution in [2.24, 2.45) is 0 Å². The first-order chi connectivity index (χ1) is 9.92. The van der Waals surface area contributed by atoms with Crippen molar-refractivity contribution in [3.8, 4) is 12.3 Å². The van der Waals surface area contributed by atoms with Crippen LogP contribution in [0.5, 0.6) is 0 Å². The minimum Gasteiger partial charge on any atom is -0.465 e. The van der Waals surface area contributed by atoms with Crippen molar-refractivity contribution in [2.45, 2.75) is 4.90 Å². The molecule has 8 heteroatoms. The van der Waals surface area contributed by atoms with Crippen LogP contribution >= 0.6 is 11.8 Å². The van der Waals surface area contributed by atoms with E-state index in [1.165, 1.54) is 11.8 Å². The Morgan fingerprint density at radius 2 is 2.24 bits per heavy atom. The molecule has 0 fully saturated rings. The molecule has 0 heterocycles. The number of carbonyl (C=O) groups is 1. The van der Waals surface area contributed by atoms with Gasteiger partial charge in [0, 0.05) is 12.3 Å². The normalized spacial score (nSPS) is 10.9. The third-order valence-electron chi connectivity index (χ3n) is 2.36. The van der Waals surface area contributed by atoms with Gasteiger partial charge < -0.3 is 4.74 Å². The zero-order valence-corrected chi connectivity index (χ0v) is 12.9. The van der Waals surface area contributed by atoms with E-state index in [1.807, 2.05) is 0 Å². The van der Waals surface area contributed by atoms with Gasteiger partial charge >= 0.3 is 5.97 Å². The van der Waals surface area contributed by atoms with Gasteiger partial charge in [-0.1, -0.05) is 5.92 Å². The lowest BCUT2D eigenvalue weighted by atomic mass is 10.2. The van der Waals surface area contributed by atoms with Crippen molar-refractivity contribution in [1.82, 2.24) is 4.72 Å². The van der Waals surface area contributed by atoms with E-state index >= 15 is 0 Å². The zero-order chi connectivity index (χ0) is 15.9. The highest BCUT2D eigenvalue weighted by atomic mass is 32.2. The van der Waals surface area contributed by atoms with E-state index in [9.17, 15) is 17.6 Å². The first-order valence-corrected chi connectivity index (χ1v) is 8.45. The van der Waals surface area contributed by atoms with Crippen LogP contribution in [0.25, 0.3) is 0 Å². The summed E-state index contributed by atoms with van der Waals surface area (Å²) in [5.74, 6) is 1.73. The maximum Gasteiger partial charge on any atom is 0.339 e. The number of hydrogen-bond donors (Lipinski definition) is 1. The van der Waals surface area contributed by atoms with E-state index < -0.39 is 26.7 Å². The molecule has 0 atom stereocenters. The maximum absolute atomic E-state index is 13.3. The molecule has 0 amide bonds. The number of benzene rings is 1. The average Bonchev–Trinajstić information content (AvgIpc) is 2.46. The fourth-order valence-electron chi connectivity index (χ4n) is 1.45. The van der Waals surface area contributed by atoms with Crippen LogP contribution in [0.2, 0.25) is 0 Å². The smallest absolute Gasteiger partial charge is 0.339 e. The van der Waals surface area contributed by atoms with Gasteiger partial charge in [-0.2, -0.15) is 0 Å². The van der Waals surface area contributed by atoms with E-state index in [0.717, 1.165) is 25.3 Å². The van der Waals surface area contributed by atoms with Crippen LogP contribution in [0.4, 0.5) is 4.39 Å². The molecule has 5 nitrogen and oxygen atoms in total. The number of ether oxygens (including phenoxy) is 1. The lowest BCUT2D eigenvalue weighted by Gasteiger charge is -2.10. The molecule has 0 aliphatic carbocycles. The second kappa shape index (κ2) is 8.02. The Morgan fingerprint density at radius 1 is 1.52 bits per heavy atom. The van der Waals surface area contributed by atoms with Crippen LogP contribution in [0.15, 0.2) is 23.1 Å². The summed E-state index contributed by atoms with van der Waals surface area (Å²) in [7, 11) is -2.89. The molecule has 114 valence electrons. The Hall–Kier alpha value is -1.56. The highest BCUT2D eigenvalue weighted by molar-refractivity contribution is 7.99. The summed E-state index contributed by atoms with van der Waals surface area (Å²) in [6.07, 6.45) is 5.07. The molecule has 0 radical (unpaired) electrons. The standard InChI is InChI=1S/C13H14FNO4S2/c1-3-7-20-8-6-15-21(17,18)12-9-10(14)4-5-11(12)13(16)19-2/h1,4-5,9,15H,6-8H2,2H3. The molecule has 0 bridgehead atoms. The molecule has 0 unspecified atom stereocenters. The minimum absolute atomic E-state index is 0.117. The van der Waals surface area contributed by atoms with Crippen LogP contribution in [0.1, 0.15) is 10.4 Å². The Kier molecular flexibility index (Phi) is 6.68. The van der Waals surface area contributed by atoms with Crippen molar-refractivity contribution in [1.29, 1.82) is 0 Å². The lowest BCUT2D eigenvalue weighted by Crippen LogP contribution is -2.28. The number of esters is 1. The van der Waals surface area contributed by atoms with Crippen molar-refractivity contribution in [2.75, 3.05) is 25.2 Å². The molecule has 1 aromatic carbocycles. The molecule has 1 N–H and O–H groups in total. The highest BCUT2D eigenvalue weighted by Gasteiger charge is 2.23. The number of hydrogen-bond acceptors (Lipinski definition) is 5. The summed E-state index contributed by atoms with van der Waals surface area (Å²) in [6.45, 7) is 0.117. The number of terminal acetylenes is 1. The minimum atomic E-state index is -4.01. The summed E-state index contributed by atoms with van der Waals surface area (Å²) >= 11 is 1.38. The first kappa shape index (κ1) is 17.5. The number of rotatable bonds is 7. The molecule has 0 aromatic heterocycles. The Labute approximate surface area is 127 Å². The van der Waals surface area contributed by atoms with Crippen LogP contribution in [-0.2, 0) is 14.8 Å². The monoisotopic (exact) mass is 331 g/mol. The number of methoxy groups -OCH3 is 1. The third-order valence-corrected chi connectivity index (χ3v) is 4.73. The van der Waals surface area contributed by atoms with E-state index in [4.69, 9.17) is 6.42 Å². The van der Waals surface area contributed by atoms with Crippen molar-refractivity contribution >= 4 is 27.8 Å². The van der Waals surface area contributed by atoms with Gasteiger partial charge in [0.15, 0.2) is 0 Å². The van der Waals surface area contributed by atoms with Gasteiger partial charge in [-0.05, 0) is 18.2 Å². The van der Waals surface area contributed by atoms with Crippen LogP contribution in [0, 0.1) is 18.2 Å². The summed E-state index contributed by atoms with van der Waals surface area (Å²) in [5, 5.41) is 0. The van der Waals surface area contributed by atoms with E-state index in [-0.39, 0.29) is 12.1 Å². The summed E-state index contributed by atoms with van der Waals surface area (Å²) in [5.41, 5.74) is -0.220. The molecule has 0 saturated carbocycles. The molecule has 1 aromatic rings. The van der Waals surface area contributed by atoms with E-state index in [1.54, 1.807) is 0 Å².